The van der Waals surface area contributed by atoms with E-state index < -0.39 is 0 Å². The Morgan fingerprint density at radius 2 is 1.92 bits per heavy atom. The van der Waals surface area contributed by atoms with Gasteiger partial charge in [-0.15, -0.1) is 0 Å². The number of carbonyl (C=O) groups is 1. The van der Waals surface area contributed by atoms with E-state index in [0.717, 1.165) is 44.0 Å². The first-order valence-electron chi connectivity index (χ1n) is 9.24. The first-order chi connectivity index (χ1) is 12.2. The molecule has 2 heterocycles. The van der Waals surface area contributed by atoms with Crippen LogP contribution in [0, 0.1) is 12.8 Å². The molecule has 0 radical (unpaired) electrons. The molecule has 0 unspecified atom stereocenters. The van der Waals surface area contributed by atoms with Gasteiger partial charge in [-0.1, -0.05) is 29.8 Å². The SMILES string of the molecule is Cc1ccc(-c2ocnc2C(=O)N2CCC(NCC3CC3)CC2)cc1. The van der Waals surface area contributed by atoms with Crippen LogP contribution in [0.4, 0.5) is 0 Å². The molecule has 5 nitrogen and oxygen atoms in total. The summed E-state index contributed by atoms with van der Waals surface area (Å²) in [5.41, 5.74) is 2.50. The molecule has 2 aliphatic rings. The smallest absolute Gasteiger partial charge is 0.276 e. The van der Waals surface area contributed by atoms with Gasteiger partial charge in [0, 0.05) is 24.7 Å². The summed E-state index contributed by atoms with van der Waals surface area (Å²) in [5.74, 6) is 1.44. The van der Waals surface area contributed by atoms with Crippen LogP contribution in [0.3, 0.4) is 0 Å². The van der Waals surface area contributed by atoms with Gasteiger partial charge in [0.05, 0.1) is 0 Å². The molecule has 1 amide bonds. The molecule has 1 aromatic carbocycles. The van der Waals surface area contributed by atoms with Crippen molar-refractivity contribution >= 4 is 5.91 Å². The standard InChI is InChI=1S/C20H25N3O2/c1-14-2-6-16(7-3-14)19-18(22-13-25-19)20(24)23-10-8-17(9-11-23)21-12-15-4-5-15/h2-3,6-7,13,15,17,21H,4-5,8-12H2,1H3. The summed E-state index contributed by atoms with van der Waals surface area (Å²) in [6.07, 6.45) is 6.13. The Morgan fingerprint density at radius 1 is 1.20 bits per heavy atom. The van der Waals surface area contributed by atoms with Gasteiger partial charge in [-0.2, -0.15) is 0 Å². The number of nitrogens with zero attached hydrogens (tertiary/aromatic N) is 2. The molecule has 1 aliphatic heterocycles. The highest BCUT2D eigenvalue weighted by Gasteiger charge is 2.29. The molecule has 132 valence electrons. The van der Waals surface area contributed by atoms with Crippen LogP contribution in [0.1, 0.15) is 41.7 Å². The van der Waals surface area contributed by atoms with E-state index in [0.29, 0.717) is 17.5 Å². The molecule has 5 heteroatoms. The second-order valence-electron chi connectivity index (χ2n) is 7.31. The van der Waals surface area contributed by atoms with Crippen LogP contribution in [0.15, 0.2) is 35.1 Å². The minimum Gasteiger partial charge on any atom is -0.443 e. The lowest BCUT2D eigenvalue weighted by molar-refractivity contribution is 0.0700. The van der Waals surface area contributed by atoms with E-state index in [9.17, 15) is 4.79 Å². The quantitative estimate of drug-likeness (QED) is 0.908. The topological polar surface area (TPSA) is 58.4 Å². The third kappa shape index (κ3) is 3.76. The monoisotopic (exact) mass is 339 g/mol. The first kappa shape index (κ1) is 16.3. The van der Waals surface area contributed by atoms with Crippen LogP contribution in [0.5, 0.6) is 0 Å². The van der Waals surface area contributed by atoms with Crippen LogP contribution in [0.2, 0.25) is 0 Å². The Bertz CT molecular complexity index is 726. The first-order valence-corrected chi connectivity index (χ1v) is 9.24. The zero-order valence-electron chi connectivity index (χ0n) is 14.7. The number of benzene rings is 1. The number of hydrogen-bond donors (Lipinski definition) is 1. The average molecular weight is 339 g/mol. The molecular formula is C20H25N3O2. The summed E-state index contributed by atoms with van der Waals surface area (Å²) in [5, 5.41) is 3.65. The molecule has 1 N–H and O–H groups in total. The average Bonchev–Trinajstić information content (AvgIpc) is 3.35. The van der Waals surface area contributed by atoms with E-state index in [1.807, 2.05) is 36.1 Å². The number of rotatable bonds is 5. The Balaban J connectivity index is 1.40. The van der Waals surface area contributed by atoms with Crippen molar-refractivity contribution in [3.8, 4) is 11.3 Å². The molecule has 1 aromatic heterocycles. The van der Waals surface area contributed by atoms with Crippen molar-refractivity contribution < 1.29 is 9.21 Å². The largest absolute Gasteiger partial charge is 0.443 e. The van der Waals surface area contributed by atoms with Gasteiger partial charge >= 0.3 is 0 Å². The fourth-order valence-electron chi connectivity index (χ4n) is 3.40. The number of carbonyl (C=O) groups excluding carboxylic acids is 1. The van der Waals surface area contributed by atoms with Crippen molar-refractivity contribution in [1.29, 1.82) is 0 Å². The van der Waals surface area contributed by atoms with Crippen LogP contribution >= 0.6 is 0 Å². The number of aromatic nitrogens is 1. The van der Waals surface area contributed by atoms with Crippen molar-refractivity contribution in [2.24, 2.45) is 5.92 Å². The summed E-state index contributed by atoms with van der Waals surface area (Å²) in [7, 11) is 0. The number of nitrogens with one attached hydrogen (secondary N) is 1. The summed E-state index contributed by atoms with van der Waals surface area (Å²) in [6.45, 7) is 4.74. The van der Waals surface area contributed by atoms with E-state index in [1.54, 1.807) is 0 Å². The van der Waals surface area contributed by atoms with Crippen molar-refractivity contribution in [3.63, 3.8) is 0 Å². The number of amides is 1. The molecule has 2 aromatic rings. The van der Waals surface area contributed by atoms with Crippen LogP contribution in [-0.4, -0.2) is 41.5 Å². The summed E-state index contributed by atoms with van der Waals surface area (Å²) in [6, 6.07) is 8.52. The van der Waals surface area contributed by atoms with Gasteiger partial charge in [-0.05, 0) is 45.1 Å². The second-order valence-corrected chi connectivity index (χ2v) is 7.31. The number of piperidine rings is 1. The van der Waals surface area contributed by atoms with Gasteiger partial charge in [0.15, 0.2) is 17.8 Å². The van der Waals surface area contributed by atoms with Crippen molar-refractivity contribution in [1.82, 2.24) is 15.2 Å². The lowest BCUT2D eigenvalue weighted by Crippen LogP contribution is -2.45. The Hall–Kier alpha value is -2.14. The highest BCUT2D eigenvalue weighted by atomic mass is 16.3. The number of aryl methyl sites for hydroxylation is 1. The minimum absolute atomic E-state index is 0.0232. The zero-order valence-corrected chi connectivity index (χ0v) is 14.7. The number of oxazole rings is 1. The predicted octanol–water partition coefficient (Wildman–Crippen LogP) is 3.25. The number of likely N-dealkylation sites (tertiary alicyclic amines) is 1. The van der Waals surface area contributed by atoms with Crippen molar-refractivity contribution in [2.45, 2.75) is 38.6 Å². The van der Waals surface area contributed by atoms with E-state index in [2.05, 4.69) is 10.3 Å². The molecule has 1 aliphatic carbocycles. The molecule has 0 spiro atoms. The van der Waals surface area contributed by atoms with Gasteiger partial charge in [0.2, 0.25) is 0 Å². The van der Waals surface area contributed by atoms with Crippen LogP contribution in [-0.2, 0) is 0 Å². The lowest BCUT2D eigenvalue weighted by atomic mass is 10.0. The highest BCUT2D eigenvalue weighted by molar-refractivity contribution is 5.97. The summed E-state index contributed by atoms with van der Waals surface area (Å²) >= 11 is 0. The third-order valence-electron chi connectivity index (χ3n) is 5.26. The van der Waals surface area contributed by atoms with Gasteiger partial charge < -0.3 is 14.6 Å². The second kappa shape index (κ2) is 7.00. The zero-order chi connectivity index (χ0) is 17.2. The minimum atomic E-state index is -0.0232. The van der Waals surface area contributed by atoms with E-state index in [1.165, 1.54) is 24.8 Å². The molecule has 0 bridgehead atoms. The fourth-order valence-corrected chi connectivity index (χ4v) is 3.40. The molecule has 4 rings (SSSR count). The highest BCUT2D eigenvalue weighted by Crippen LogP contribution is 2.28. The molecule has 1 saturated heterocycles. The van der Waals surface area contributed by atoms with Gasteiger partial charge in [-0.3, -0.25) is 4.79 Å². The third-order valence-corrected chi connectivity index (χ3v) is 5.26. The molecule has 25 heavy (non-hydrogen) atoms. The van der Waals surface area contributed by atoms with Gasteiger partial charge in [0.1, 0.15) is 0 Å². The van der Waals surface area contributed by atoms with E-state index in [4.69, 9.17) is 4.42 Å². The lowest BCUT2D eigenvalue weighted by Gasteiger charge is -2.32. The maximum absolute atomic E-state index is 12.9. The predicted molar refractivity (Wildman–Crippen MR) is 96.3 cm³/mol. The normalized spacial score (nSPS) is 18.5. The van der Waals surface area contributed by atoms with Crippen molar-refractivity contribution in [3.05, 3.63) is 41.9 Å². The fraction of sp³-hybridized carbons (Fsp3) is 0.500. The van der Waals surface area contributed by atoms with Crippen molar-refractivity contribution in [2.75, 3.05) is 19.6 Å². The Labute approximate surface area is 148 Å². The maximum atomic E-state index is 12.9. The Morgan fingerprint density at radius 3 is 2.60 bits per heavy atom. The van der Waals surface area contributed by atoms with Gasteiger partial charge in [0.25, 0.3) is 5.91 Å². The molecule has 0 atom stereocenters. The number of hydrogen-bond acceptors (Lipinski definition) is 4. The van der Waals surface area contributed by atoms with E-state index in [-0.39, 0.29) is 5.91 Å². The maximum Gasteiger partial charge on any atom is 0.276 e. The molecule has 1 saturated carbocycles. The van der Waals surface area contributed by atoms with Crippen LogP contribution < -0.4 is 5.32 Å². The van der Waals surface area contributed by atoms with E-state index >= 15 is 0 Å². The summed E-state index contributed by atoms with van der Waals surface area (Å²) in [4.78, 5) is 19.0. The molecule has 2 fully saturated rings. The van der Waals surface area contributed by atoms with Crippen LogP contribution in [0.25, 0.3) is 11.3 Å². The Kier molecular flexibility index (Phi) is 4.57. The summed E-state index contributed by atoms with van der Waals surface area (Å²) < 4.78 is 5.52. The van der Waals surface area contributed by atoms with Gasteiger partial charge in [-0.25, -0.2) is 4.98 Å². The molecular weight excluding hydrogens is 314 g/mol.